The summed E-state index contributed by atoms with van der Waals surface area (Å²) in [6, 6.07) is 2.19. The third-order valence-electron chi connectivity index (χ3n) is 1.91. The molecule has 0 radical (unpaired) electrons. The fraction of sp³-hybridized carbons (Fsp3) is 0.222. The molecule has 0 fully saturated rings. The van der Waals surface area contributed by atoms with E-state index in [2.05, 4.69) is 15.0 Å². The van der Waals surface area contributed by atoms with E-state index in [9.17, 15) is 0 Å². The molecule has 0 spiro atoms. The molecule has 0 atom stereocenters. The third-order valence-corrected chi connectivity index (χ3v) is 2.76. The van der Waals surface area contributed by atoms with E-state index < -0.39 is 0 Å². The van der Waals surface area contributed by atoms with Crippen molar-refractivity contribution >= 4 is 17.3 Å². The maximum absolute atomic E-state index is 5.55. The highest BCUT2D eigenvalue weighted by Gasteiger charge is 2.09. The fourth-order valence-corrected chi connectivity index (χ4v) is 1.90. The Kier molecular flexibility index (Phi) is 2.51. The molecule has 0 aromatic carbocycles. The Morgan fingerprint density at radius 2 is 2.13 bits per heavy atom. The highest BCUT2D eigenvalue weighted by molar-refractivity contribution is 7.10. The number of hydrogen-bond donors (Lipinski definition) is 1. The van der Waals surface area contributed by atoms with E-state index in [1.54, 1.807) is 11.3 Å². The highest BCUT2D eigenvalue weighted by atomic mass is 32.1. The highest BCUT2D eigenvalue weighted by Crippen LogP contribution is 2.25. The summed E-state index contributed by atoms with van der Waals surface area (Å²) in [6.45, 7) is 2.01. The van der Waals surface area contributed by atoms with Gasteiger partial charge in [0.1, 0.15) is 0 Å². The lowest BCUT2D eigenvalue weighted by Crippen LogP contribution is -2.02. The molecule has 0 unspecified atom stereocenters. The first-order valence-electron chi connectivity index (χ1n) is 4.30. The smallest absolute Gasteiger partial charge is 0.321 e. The third kappa shape index (κ3) is 1.89. The standard InChI is InChI=1S/C9H10N4OS/c1-5-6(3-4-15-5)7-11-8(10)13-9(12-7)14-2/h3-4H,1-2H3,(H2,10,11,12,13). The molecule has 0 saturated carbocycles. The lowest BCUT2D eigenvalue weighted by atomic mass is 10.2. The molecular weight excluding hydrogens is 212 g/mol. The van der Waals surface area contributed by atoms with Crippen LogP contribution in [0.15, 0.2) is 11.4 Å². The van der Waals surface area contributed by atoms with Crippen LogP contribution in [-0.4, -0.2) is 22.1 Å². The van der Waals surface area contributed by atoms with E-state index in [0.29, 0.717) is 5.82 Å². The van der Waals surface area contributed by atoms with Gasteiger partial charge in [0, 0.05) is 10.4 Å². The Balaban J connectivity index is 2.53. The van der Waals surface area contributed by atoms with Crippen molar-refractivity contribution in [3.05, 3.63) is 16.3 Å². The van der Waals surface area contributed by atoms with Gasteiger partial charge in [0.2, 0.25) is 5.95 Å². The van der Waals surface area contributed by atoms with Gasteiger partial charge in [-0.15, -0.1) is 11.3 Å². The summed E-state index contributed by atoms with van der Waals surface area (Å²) in [7, 11) is 1.50. The predicted octanol–water partition coefficient (Wildman–Crippen LogP) is 1.50. The molecule has 0 aliphatic heterocycles. The lowest BCUT2D eigenvalue weighted by molar-refractivity contribution is 0.379. The van der Waals surface area contributed by atoms with Gasteiger partial charge in [-0.3, -0.25) is 0 Å². The minimum absolute atomic E-state index is 0.169. The molecule has 2 aromatic heterocycles. The molecule has 2 N–H and O–H groups in total. The summed E-state index contributed by atoms with van der Waals surface area (Å²) in [5, 5.41) is 1.98. The van der Waals surface area contributed by atoms with Crippen molar-refractivity contribution in [2.45, 2.75) is 6.92 Å². The molecule has 0 aliphatic carbocycles. The van der Waals surface area contributed by atoms with Gasteiger partial charge in [-0.2, -0.15) is 15.0 Å². The van der Waals surface area contributed by atoms with Gasteiger partial charge < -0.3 is 10.5 Å². The van der Waals surface area contributed by atoms with Crippen LogP contribution in [-0.2, 0) is 0 Å². The number of nitrogens with two attached hydrogens (primary N) is 1. The van der Waals surface area contributed by atoms with Crippen LogP contribution in [0.2, 0.25) is 0 Å². The zero-order valence-electron chi connectivity index (χ0n) is 8.39. The number of hydrogen-bond acceptors (Lipinski definition) is 6. The van der Waals surface area contributed by atoms with Crippen molar-refractivity contribution in [2.75, 3.05) is 12.8 Å². The van der Waals surface area contributed by atoms with E-state index >= 15 is 0 Å². The maximum Gasteiger partial charge on any atom is 0.321 e. The normalized spacial score (nSPS) is 10.3. The van der Waals surface area contributed by atoms with E-state index in [1.807, 2.05) is 18.4 Å². The molecule has 6 heteroatoms. The number of anilines is 1. The zero-order chi connectivity index (χ0) is 10.8. The first kappa shape index (κ1) is 9.85. The van der Waals surface area contributed by atoms with Crippen LogP contribution in [0.1, 0.15) is 4.88 Å². The molecule has 0 aliphatic rings. The first-order chi connectivity index (χ1) is 7.20. The Morgan fingerprint density at radius 1 is 1.33 bits per heavy atom. The summed E-state index contributed by atoms with van der Waals surface area (Å²) in [6.07, 6.45) is 0. The number of aromatic nitrogens is 3. The molecule has 5 nitrogen and oxygen atoms in total. The van der Waals surface area contributed by atoms with Crippen molar-refractivity contribution in [1.82, 2.24) is 15.0 Å². The Morgan fingerprint density at radius 3 is 2.73 bits per heavy atom. The molecule has 78 valence electrons. The van der Waals surface area contributed by atoms with Crippen LogP contribution < -0.4 is 10.5 Å². The van der Waals surface area contributed by atoms with Crippen LogP contribution in [0, 0.1) is 6.92 Å². The summed E-state index contributed by atoms with van der Waals surface area (Å²) in [5.41, 5.74) is 6.52. The van der Waals surface area contributed by atoms with Gasteiger partial charge in [-0.25, -0.2) is 0 Å². The molecule has 15 heavy (non-hydrogen) atoms. The molecule has 0 amide bonds. The number of nitrogen functional groups attached to an aromatic ring is 1. The van der Waals surface area contributed by atoms with Crippen LogP contribution in [0.5, 0.6) is 6.01 Å². The van der Waals surface area contributed by atoms with Crippen LogP contribution in [0.4, 0.5) is 5.95 Å². The Hall–Kier alpha value is -1.69. The minimum atomic E-state index is 0.169. The quantitative estimate of drug-likeness (QED) is 0.833. The van der Waals surface area contributed by atoms with Gasteiger partial charge in [-0.05, 0) is 18.4 Å². The molecule has 2 aromatic rings. The number of methoxy groups -OCH3 is 1. The summed E-state index contributed by atoms with van der Waals surface area (Å²) >= 11 is 1.64. The van der Waals surface area contributed by atoms with E-state index in [-0.39, 0.29) is 12.0 Å². The van der Waals surface area contributed by atoms with E-state index in [4.69, 9.17) is 10.5 Å². The molecule has 0 saturated heterocycles. The largest absolute Gasteiger partial charge is 0.467 e. The summed E-state index contributed by atoms with van der Waals surface area (Å²) in [4.78, 5) is 13.2. The van der Waals surface area contributed by atoms with E-state index in [1.165, 1.54) is 7.11 Å². The number of ether oxygens (including phenoxy) is 1. The Bertz CT molecular complexity index is 483. The molecule has 2 heterocycles. The van der Waals surface area contributed by atoms with Crippen LogP contribution >= 0.6 is 11.3 Å². The van der Waals surface area contributed by atoms with Crippen LogP contribution in [0.25, 0.3) is 11.4 Å². The van der Waals surface area contributed by atoms with E-state index in [0.717, 1.165) is 10.4 Å². The van der Waals surface area contributed by atoms with Gasteiger partial charge in [0.25, 0.3) is 0 Å². The van der Waals surface area contributed by atoms with Gasteiger partial charge in [0.05, 0.1) is 7.11 Å². The minimum Gasteiger partial charge on any atom is -0.467 e. The SMILES string of the molecule is COc1nc(N)nc(-c2ccsc2C)n1. The fourth-order valence-electron chi connectivity index (χ4n) is 1.20. The average molecular weight is 222 g/mol. The topological polar surface area (TPSA) is 73.9 Å². The molecular formula is C9H10N4OS. The van der Waals surface area contributed by atoms with Gasteiger partial charge >= 0.3 is 6.01 Å². The second-order valence-electron chi connectivity index (χ2n) is 2.89. The molecule has 2 rings (SSSR count). The summed E-state index contributed by atoms with van der Waals surface area (Å²) in [5.74, 6) is 0.723. The van der Waals surface area contributed by atoms with Crippen molar-refractivity contribution in [3.8, 4) is 17.4 Å². The van der Waals surface area contributed by atoms with Crippen molar-refractivity contribution < 1.29 is 4.74 Å². The maximum atomic E-state index is 5.55. The number of rotatable bonds is 2. The number of nitrogens with zero attached hydrogens (tertiary/aromatic N) is 3. The first-order valence-corrected chi connectivity index (χ1v) is 5.18. The summed E-state index contributed by atoms with van der Waals surface area (Å²) < 4.78 is 4.93. The monoisotopic (exact) mass is 222 g/mol. The Labute approximate surface area is 91.0 Å². The predicted molar refractivity (Wildman–Crippen MR) is 58.8 cm³/mol. The molecule has 0 bridgehead atoms. The van der Waals surface area contributed by atoms with Crippen molar-refractivity contribution in [1.29, 1.82) is 0 Å². The number of thiophene rings is 1. The van der Waals surface area contributed by atoms with Crippen LogP contribution in [0.3, 0.4) is 0 Å². The van der Waals surface area contributed by atoms with Gasteiger partial charge in [-0.1, -0.05) is 0 Å². The lowest BCUT2D eigenvalue weighted by Gasteiger charge is -2.02. The van der Waals surface area contributed by atoms with Crippen molar-refractivity contribution in [2.24, 2.45) is 0 Å². The average Bonchev–Trinajstić information content (AvgIpc) is 2.63. The number of aryl methyl sites for hydroxylation is 1. The van der Waals surface area contributed by atoms with Gasteiger partial charge in [0.15, 0.2) is 5.82 Å². The second-order valence-corrected chi connectivity index (χ2v) is 4.01. The second kappa shape index (κ2) is 3.82. The van der Waals surface area contributed by atoms with Crippen molar-refractivity contribution in [3.63, 3.8) is 0 Å². The zero-order valence-corrected chi connectivity index (χ0v) is 9.21.